The average molecular weight is 351 g/mol. The van der Waals surface area contributed by atoms with Crippen LogP contribution in [-0.2, 0) is 11.3 Å². The molecule has 6 heteroatoms. The van der Waals surface area contributed by atoms with Gasteiger partial charge in [0.2, 0.25) is 0 Å². The van der Waals surface area contributed by atoms with Gasteiger partial charge in [0.1, 0.15) is 5.75 Å². The molecule has 0 radical (unpaired) electrons. The zero-order chi connectivity index (χ0) is 18.5. The summed E-state index contributed by atoms with van der Waals surface area (Å²) in [4.78, 5) is 9.15. The first-order valence-corrected chi connectivity index (χ1v) is 8.91. The second kappa shape index (κ2) is 12.6. The van der Waals surface area contributed by atoms with Crippen molar-refractivity contribution in [3.8, 4) is 5.75 Å². The summed E-state index contributed by atoms with van der Waals surface area (Å²) in [6.45, 7) is 7.23. The number of hydrogen-bond donors (Lipinski definition) is 1. The van der Waals surface area contributed by atoms with E-state index in [0.29, 0.717) is 0 Å². The van der Waals surface area contributed by atoms with Crippen LogP contribution in [0.25, 0.3) is 0 Å². The summed E-state index contributed by atoms with van der Waals surface area (Å²) >= 11 is 0. The van der Waals surface area contributed by atoms with Crippen molar-refractivity contribution in [3.05, 3.63) is 29.8 Å². The maximum Gasteiger partial charge on any atom is 0.193 e. The van der Waals surface area contributed by atoms with Gasteiger partial charge < -0.3 is 24.6 Å². The molecule has 0 amide bonds. The zero-order valence-electron chi connectivity index (χ0n) is 16.4. The van der Waals surface area contributed by atoms with E-state index >= 15 is 0 Å². The van der Waals surface area contributed by atoms with Crippen LogP contribution >= 0.6 is 0 Å². The molecule has 0 heterocycles. The van der Waals surface area contributed by atoms with Crippen LogP contribution in [0.3, 0.4) is 0 Å². The number of hydrogen-bond acceptors (Lipinski definition) is 4. The fourth-order valence-electron chi connectivity index (χ4n) is 2.52. The largest absolute Gasteiger partial charge is 0.496 e. The molecule has 0 aliphatic rings. The molecule has 142 valence electrons. The Balaban J connectivity index is 2.56. The average Bonchev–Trinajstić information content (AvgIpc) is 2.62. The Morgan fingerprint density at radius 1 is 1.16 bits per heavy atom. The number of nitrogens with one attached hydrogen (secondary N) is 1. The zero-order valence-corrected chi connectivity index (χ0v) is 16.4. The van der Waals surface area contributed by atoms with Crippen LogP contribution in [0.4, 0.5) is 0 Å². The van der Waals surface area contributed by atoms with Crippen molar-refractivity contribution in [2.45, 2.75) is 19.9 Å². The first-order valence-electron chi connectivity index (χ1n) is 8.91. The summed E-state index contributed by atoms with van der Waals surface area (Å²) in [5, 5.41) is 3.36. The highest BCUT2D eigenvalue weighted by atomic mass is 16.5. The van der Waals surface area contributed by atoms with Gasteiger partial charge in [0.15, 0.2) is 5.96 Å². The summed E-state index contributed by atoms with van der Waals surface area (Å²) in [6.07, 6.45) is 1.03. The van der Waals surface area contributed by atoms with Crippen molar-refractivity contribution >= 4 is 5.96 Å². The highest BCUT2D eigenvalue weighted by molar-refractivity contribution is 5.79. The maximum atomic E-state index is 5.44. The molecule has 0 unspecified atom stereocenters. The van der Waals surface area contributed by atoms with Gasteiger partial charge in [-0.2, -0.15) is 0 Å². The lowest BCUT2D eigenvalue weighted by Crippen LogP contribution is -2.38. The topological polar surface area (TPSA) is 49.3 Å². The van der Waals surface area contributed by atoms with Crippen LogP contribution in [0.2, 0.25) is 0 Å². The van der Waals surface area contributed by atoms with Gasteiger partial charge in [0.25, 0.3) is 0 Å². The van der Waals surface area contributed by atoms with E-state index in [1.165, 1.54) is 0 Å². The van der Waals surface area contributed by atoms with E-state index in [9.17, 15) is 0 Å². The molecule has 0 bridgehead atoms. The number of para-hydroxylation sites is 1. The van der Waals surface area contributed by atoms with Crippen LogP contribution in [0.1, 0.15) is 18.9 Å². The predicted octanol–water partition coefficient (Wildman–Crippen LogP) is 2.06. The Kier molecular flexibility index (Phi) is 10.7. The molecule has 0 aromatic heterocycles. The van der Waals surface area contributed by atoms with Crippen molar-refractivity contribution in [2.75, 3.05) is 61.1 Å². The summed E-state index contributed by atoms with van der Waals surface area (Å²) in [6, 6.07) is 8.10. The fraction of sp³-hybridized carbons (Fsp3) is 0.632. The van der Waals surface area contributed by atoms with Gasteiger partial charge in [-0.15, -0.1) is 0 Å². The number of rotatable bonds is 11. The number of benzene rings is 1. The molecular formula is C19H34N4O2. The first kappa shape index (κ1) is 21.3. The van der Waals surface area contributed by atoms with Gasteiger partial charge in [-0.3, -0.25) is 4.99 Å². The second-order valence-corrected chi connectivity index (χ2v) is 6.05. The molecule has 0 saturated carbocycles. The summed E-state index contributed by atoms with van der Waals surface area (Å²) in [5.74, 6) is 1.83. The van der Waals surface area contributed by atoms with Crippen molar-refractivity contribution in [1.82, 2.24) is 15.1 Å². The summed E-state index contributed by atoms with van der Waals surface area (Å²) in [5.41, 5.74) is 1.15. The Morgan fingerprint density at radius 3 is 2.60 bits per heavy atom. The molecule has 25 heavy (non-hydrogen) atoms. The number of ether oxygens (including phenoxy) is 2. The molecule has 0 atom stereocenters. The van der Waals surface area contributed by atoms with Crippen LogP contribution in [0.15, 0.2) is 29.3 Å². The third-order valence-electron chi connectivity index (χ3n) is 3.93. The van der Waals surface area contributed by atoms with Crippen molar-refractivity contribution in [3.63, 3.8) is 0 Å². The minimum Gasteiger partial charge on any atom is -0.496 e. The second-order valence-electron chi connectivity index (χ2n) is 6.05. The molecule has 0 aliphatic carbocycles. The molecule has 0 spiro atoms. The normalized spacial score (nSPS) is 11.7. The molecule has 1 aromatic carbocycles. The number of likely N-dealkylation sites (N-methyl/N-ethyl adjacent to an activating group) is 1. The molecule has 0 saturated heterocycles. The van der Waals surface area contributed by atoms with E-state index in [4.69, 9.17) is 14.5 Å². The summed E-state index contributed by atoms with van der Waals surface area (Å²) < 4.78 is 10.5. The number of aliphatic imine (C=N–C) groups is 1. The maximum absolute atomic E-state index is 5.44. The van der Waals surface area contributed by atoms with Gasteiger partial charge in [-0.25, -0.2) is 0 Å². The predicted molar refractivity (Wildman–Crippen MR) is 104 cm³/mol. The van der Waals surface area contributed by atoms with E-state index in [1.54, 1.807) is 14.2 Å². The van der Waals surface area contributed by atoms with E-state index in [1.807, 2.05) is 18.2 Å². The van der Waals surface area contributed by atoms with Gasteiger partial charge >= 0.3 is 0 Å². The molecular weight excluding hydrogens is 316 g/mol. The smallest absolute Gasteiger partial charge is 0.193 e. The lowest BCUT2D eigenvalue weighted by atomic mass is 10.2. The number of guanidine groups is 1. The lowest BCUT2D eigenvalue weighted by Gasteiger charge is -2.23. The van der Waals surface area contributed by atoms with Crippen molar-refractivity contribution < 1.29 is 9.47 Å². The van der Waals surface area contributed by atoms with Gasteiger partial charge in [0.05, 0.1) is 13.7 Å². The SMILES string of the molecule is CCNC(=NCCCN(C)CCOC)N(C)Cc1ccccc1OC. The Morgan fingerprint density at radius 2 is 1.92 bits per heavy atom. The van der Waals surface area contributed by atoms with Gasteiger partial charge in [-0.1, -0.05) is 18.2 Å². The highest BCUT2D eigenvalue weighted by Crippen LogP contribution is 2.18. The van der Waals surface area contributed by atoms with Crippen molar-refractivity contribution in [2.24, 2.45) is 4.99 Å². The van der Waals surface area contributed by atoms with Crippen LogP contribution in [0.5, 0.6) is 5.75 Å². The van der Waals surface area contributed by atoms with Crippen LogP contribution in [-0.4, -0.2) is 76.9 Å². The third kappa shape index (κ3) is 8.23. The Hall–Kier alpha value is -1.79. The number of nitrogens with zero attached hydrogens (tertiary/aromatic N) is 3. The Labute approximate surface area is 152 Å². The molecule has 1 rings (SSSR count). The summed E-state index contributed by atoms with van der Waals surface area (Å²) in [7, 11) is 7.61. The fourth-order valence-corrected chi connectivity index (χ4v) is 2.52. The third-order valence-corrected chi connectivity index (χ3v) is 3.93. The molecule has 1 N–H and O–H groups in total. The first-order chi connectivity index (χ1) is 12.1. The van der Waals surface area contributed by atoms with Crippen LogP contribution in [0, 0.1) is 0 Å². The molecule has 6 nitrogen and oxygen atoms in total. The lowest BCUT2D eigenvalue weighted by molar-refractivity contribution is 0.161. The molecule has 1 aromatic rings. The highest BCUT2D eigenvalue weighted by Gasteiger charge is 2.09. The van der Waals surface area contributed by atoms with Crippen LogP contribution < -0.4 is 10.1 Å². The quantitative estimate of drug-likeness (QED) is 0.376. The molecule has 0 fully saturated rings. The van der Waals surface area contributed by atoms with Gasteiger partial charge in [-0.05, 0) is 33.0 Å². The number of methoxy groups -OCH3 is 2. The van der Waals surface area contributed by atoms with E-state index in [2.05, 4.69) is 42.2 Å². The standard InChI is InChI=1S/C19H34N4O2/c1-6-20-19(21-12-9-13-22(2)14-15-24-4)23(3)16-17-10-7-8-11-18(17)25-5/h7-8,10-11H,6,9,12-16H2,1-5H3,(H,20,21). The van der Waals surface area contributed by atoms with E-state index in [0.717, 1.165) is 63.0 Å². The minimum atomic E-state index is 0.754. The van der Waals surface area contributed by atoms with Gasteiger partial charge in [0, 0.05) is 45.9 Å². The monoisotopic (exact) mass is 350 g/mol. The Bertz CT molecular complexity index is 508. The van der Waals surface area contributed by atoms with E-state index in [-0.39, 0.29) is 0 Å². The molecule has 0 aliphatic heterocycles. The minimum absolute atomic E-state index is 0.754. The van der Waals surface area contributed by atoms with E-state index < -0.39 is 0 Å². The van der Waals surface area contributed by atoms with Crippen molar-refractivity contribution in [1.29, 1.82) is 0 Å².